The summed E-state index contributed by atoms with van der Waals surface area (Å²) < 4.78 is 6.00. The van der Waals surface area contributed by atoms with Crippen LogP contribution in [0.4, 0.5) is 0 Å². The van der Waals surface area contributed by atoms with E-state index in [0.29, 0.717) is 23.0 Å². The van der Waals surface area contributed by atoms with Crippen molar-refractivity contribution in [1.29, 1.82) is 0 Å². The number of nitrogens with one attached hydrogen (secondary N) is 2. The Hall–Kier alpha value is -1.67. The molecule has 8 heteroatoms. The van der Waals surface area contributed by atoms with E-state index in [0.717, 1.165) is 4.47 Å². The molecule has 0 aromatic heterocycles. The Balaban J connectivity index is 2.75. The van der Waals surface area contributed by atoms with E-state index in [1.807, 2.05) is 6.92 Å². The first-order valence-electron chi connectivity index (χ1n) is 5.74. The van der Waals surface area contributed by atoms with Gasteiger partial charge in [-0.3, -0.25) is 5.43 Å². The molecule has 1 aromatic carbocycles. The minimum atomic E-state index is -1.04. The van der Waals surface area contributed by atoms with Gasteiger partial charge >= 0.3 is 5.97 Å². The number of thiocarbonyl (C=S) groups is 1. The molecule has 0 aliphatic carbocycles. The molecule has 0 saturated carbocycles. The normalized spacial score (nSPS) is 10.3. The van der Waals surface area contributed by atoms with Gasteiger partial charge in [0.05, 0.1) is 6.21 Å². The number of carboxylic acids is 1. The van der Waals surface area contributed by atoms with Crippen molar-refractivity contribution in [2.75, 3.05) is 13.2 Å². The van der Waals surface area contributed by atoms with Crippen molar-refractivity contribution >= 4 is 45.4 Å². The van der Waals surface area contributed by atoms with Gasteiger partial charge in [-0.2, -0.15) is 5.10 Å². The summed E-state index contributed by atoms with van der Waals surface area (Å²) in [6.45, 7) is 2.21. The summed E-state index contributed by atoms with van der Waals surface area (Å²) in [6, 6.07) is 5.18. The van der Waals surface area contributed by atoms with Crippen LogP contribution in [0.5, 0.6) is 5.75 Å². The summed E-state index contributed by atoms with van der Waals surface area (Å²) in [5.74, 6) is -0.613. The van der Waals surface area contributed by atoms with Crippen molar-refractivity contribution in [1.82, 2.24) is 10.7 Å². The van der Waals surface area contributed by atoms with Gasteiger partial charge in [-0.05, 0) is 37.3 Å². The van der Waals surface area contributed by atoms with Crippen molar-refractivity contribution in [3.05, 3.63) is 28.2 Å². The summed E-state index contributed by atoms with van der Waals surface area (Å²) in [7, 11) is 0. The molecule has 0 radical (unpaired) electrons. The number of halogens is 1. The Morgan fingerprint density at radius 3 is 3.00 bits per heavy atom. The highest BCUT2D eigenvalue weighted by Gasteiger charge is 2.05. The molecule has 0 unspecified atom stereocenters. The van der Waals surface area contributed by atoms with Crippen molar-refractivity contribution in [2.45, 2.75) is 6.92 Å². The van der Waals surface area contributed by atoms with E-state index in [1.54, 1.807) is 18.2 Å². The molecule has 3 N–H and O–H groups in total. The molecule has 6 nitrogen and oxygen atoms in total. The van der Waals surface area contributed by atoms with Crippen LogP contribution < -0.4 is 15.5 Å². The minimum Gasteiger partial charge on any atom is -0.481 e. The predicted octanol–water partition coefficient (Wildman–Crippen LogP) is 1.73. The topological polar surface area (TPSA) is 83.0 Å². The second kappa shape index (κ2) is 8.49. The molecule has 0 bridgehead atoms. The number of ether oxygens (including phenoxy) is 1. The third-order valence-electron chi connectivity index (χ3n) is 2.03. The quantitative estimate of drug-likeness (QED) is 0.407. The fourth-order valence-corrected chi connectivity index (χ4v) is 1.83. The van der Waals surface area contributed by atoms with Crippen LogP contribution >= 0.6 is 28.1 Å². The Bertz CT molecular complexity index is 523. The van der Waals surface area contributed by atoms with Crippen LogP contribution in [0.3, 0.4) is 0 Å². The van der Waals surface area contributed by atoms with Gasteiger partial charge in [0.2, 0.25) is 0 Å². The van der Waals surface area contributed by atoms with Crippen LogP contribution in [0.15, 0.2) is 27.8 Å². The van der Waals surface area contributed by atoms with Gasteiger partial charge < -0.3 is 15.2 Å². The summed E-state index contributed by atoms with van der Waals surface area (Å²) in [4.78, 5) is 10.5. The van der Waals surface area contributed by atoms with E-state index in [-0.39, 0.29) is 0 Å². The van der Waals surface area contributed by atoms with E-state index in [1.165, 1.54) is 6.21 Å². The number of nitrogens with zero attached hydrogens (tertiary/aromatic N) is 1. The Kier molecular flexibility index (Phi) is 6.96. The van der Waals surface area contributed by atoms with Crippen molar-refractivity contribution in [3.8, 4) is 5.75 Å². The van der Waals surface area contributed by atoms with Crippen LogP contribution in [0.2, 0.25) is 0 Å². The molecule has 20 heavy (non-hydrogen) atoms. The molecule has 0 saturated heterocycles. The lowest BCUT2D eigenvalue weighted by atomic mass is 10.2. The van der Waals surface area contributed by atoms with Crippen LogP contribution in [0.1, 0.15) is 12.5 Å². The summed E-state index contributed by atoms with van der Waals surface area (Å²) in [6.07, 6.45) is 1.51. The number of rotatable bonds is 6. The first-order chi connectivity index (χ1) is 9.52. The lowest BCUT2D eigenvalue weighted by Crippen LogP contribution is -2.31. The minimum absolute atomic E-state index is 0.409. The number of hydrogen-bond donors (Lipinski definition) is 3. The second-order valence-corrected chi connectivity index (χ2v) is 4.92. The maximum atomic E-state index is 10.5. The number of hydrazone groups is 1. The van der Waals surface area contributed by atoms with E-state index >= 15 is 0 Å². The first-order valence-corrected chi connectivity index (χ1v) is 6.94. The fraction of sp³-hybridized carbons (Fsp3) is 0.250. The van der Waals surface area contributed by atoms with E-state index < -0.39 is 12.6 Å². The molecule has 0 atom stereocenters. The SMILES string of the molecule is CCNC(=S)NN=Cc1cc(Br)ccc1OCC(=O)O. The fourth-order valence-electron chi connectivity index (χ4n) is 1.25. The number of hydrogen-bond acceptors (Lipinski definition) is 4. The standard InChI is InChI=1S/C12H14BrN3O3S/c1-2-14-12(20)16-15-6-8-5-9(13)3-4-10(8)19-7-11(17)18/h3-6H,2,7H2,1H3,(H,17,18)(H2,14,16,20). The van der Waals surface area contributed by atoms with Gasteiger partial charge in [-0.15, -0.1) is 0 Å². The molecule has 0 fully saturated rings. The largest absolute Gasteiger partial charge is 0.481 e. The zero-order valence-corrected chi connectivity index (χ0v) is 13.1. The van der Waals surface area contributed by atoms with Crippen LogP contribution in [0.25, 0.3) is 0 Å². The zero-order chi connectivity index (χ0) is 15.0. The molecule has 1 aromatic rings. The predicted molar refractivity (Wildman–Crippen MR) is 84.3 cm³/mol. The lowest BCUT2D eigenvalue weighted by molar-refractivity contribution is -0.139. The molecular formula is C12H14BrN3O3S. The maximum Gasteiger partial charge on any atom is 0.341 e. The third kappa shape index (κ3) is 5.98. The van der Waals surface area contributed by atoms with Gasteiger partial charge in [-0.1, -0.05) is 15.9 Å². The highest BCUT2D eigenvalue weighted by atomic mass is 79.9. The molecule has 0 spiro atoms. The van der Waals surface area contributed by atoms with Gasteiger partial charge in [0, 0.05) is 16.6 Å². The van der Waals surface area contributed by atoms with E-state index in [4.69, 9.17) is 22.1 Å². The van der Waals surface area contributed by atoms with Gasteiger partial charge in [0.1, 0.15) is 5.75 Å². The summed E-state index contributed by atoms with van der Waals surface area (Å²) in [5.41, 5.74) is 3.28. The van der Waals surface area contributed by atoms with E-state index in [2.05, 4.69) is 31.8 Å². The number of benzene rings is 1. The molecule has 0 heterocycles. The van der Waals surface area contributed by atoms with Crippen LogP contribution in [-0.2, 0) is 4.79 Å². The summed E-state index contributed by atoms with van der Waals surface area (Å²) >= 11 is 8.29. The van der Waals surface area contributed by atoms with Gasteiger partial charge in [0.15, 0.2) is 11.7 Å². The highest BCUT2D eigenvalue weighted by molar-refractivity contribution is 9.10. The average molecular weight is 360 g/mol. The van der Waals surface area contributed by atoms with E-state index in [9.17, 15) is 4.79 Å². The van der Waals surface area contributed by atoms with Crippen molar-refractivity contribution in [2.24, 2.45) is 5.10 Å². The number of carboxylic acid groups (broad SMARTS) is 1. The molecule has 0 aliphatic rings. The smallest absolute Gasteiger partial charge is 0.341 e. The molecule has 0 amide bonds. The maximum absolute atomic E-state index is 10.5. The molecule has 0 aliphatic heterocycles. The third-order valence-corrected chi connectivity index (χ3v) is 2.76. The average Bonchev–Trinajstić information content (AvgIpc) is 2.38. The Morgan fingerprint density at radius 2 is 2.35 bits per heavy atom. The number of carbonyl (C=O) groups is 1. The molecule has 108 valence electrons. The second-order valence-electron chi connectivity index (χ2n) is 3.59. The Labute approximate surface area is 130 Å². The number of aliphatic carboxylic acids is 1. The monoisotopic (exact) mass is 359 g/mol. The first kappa shape index (κ1) is 16.4. The van der Waals surface area contributed by atoms with Crippen molar-refractivity contribution in [3.63, 3.8) is 0 Å². The highest BCUT2D eigenvalue weighted by Crippen LogP contribution is 2.21. The molecule has 1 rings (SSSR count). The summed E-state index contributed by atoms with van der Waals surface area (Å²) in [5, 5.41) is 15.9. The van der Waals surface area contributed by atoms with Crippen molar-refractivity contribution < 1.29 is 14.6 Å². The van der Waals surface area contributed by atoms with Crippen LogP contribution in [0, 0.1) is 0 Å². The van der Waals surface area contributed by atoms with Gasteiger partial charge in [-0.25, -0.2) is 4.79 Å². The lowest BCUT2D eigenvalue weighted by Gasteiger charge is -2.07. The Morgan fingerprint density at radius 1 is 1.60 bits per heavy atom. The van der Waals surface area contributed by atoms with Crippen LogP contribution in [-0.4, -0.2) is 35.6 Å². The van der Waals surface area contributed by atoms with Gasteiger partial charge in [0.25, 0.3) is 0 Å². The molecular weight excluding hydrogens is 346 g/mol. The zero-order valence-electron chi connectivity index (χ0n) is 10.7.